The van der Waals surface area contributed by atoms with Crippen LogP contribution in [0.4, 0.5) is 0 Å². The number of hydrogen-bond acceptors (Lipinski definition) is 4. The SMILES string of the molecule is CCn1nccc1C(=O)N1CC(=O)NC2CC(C(=O)NC3CCCCCC3)CC2C1. The average Bonchev–Trinajstić information content (AvgIpc) is 3.23. The number of rotatable bonds is 4. The highest BCUT2D eigenvalue weighted by Crippen LogP contribution is 2.34. The van der Waals surface area contributed by atoms with E-state index in [1.165, 1.54) is 25.7 Å². The van der Waals surface area contributed by atoms with E-state index in [-0.39, 0.29) is 48.2 Å². The molecule has 1 saturated heterocycles. The van der Waals surface area contributed by atoms with Crippen molar-refractivity contribution in [3.05, 3.63) is 18.0 Å². The fourth-order valence-corrected chi connectivity index (χ4v) is 5.32. The first kappa shape index (κ1) is 20.9. The Labute approximate surface area is 177 Å². The summed E-state index contributed by atoms with van der Waals surface area (Å²) in [6.07, 6.45) is 9.99. The molecule has 2 saturated carbocycles. The summed E-state index contributed by atoms with van der Waals surface area (Å²) in [4.78, 5) is 40.0. The predicted octanol–water partition coefficient (Wildman–Crippen LogP) is 1.71. The lowest BCUT2D eigenvalue weighted by molar-refractivity contribution is -0.126. The van der Waals surface area contributed by atoms with Crippen LogP contribution >= 0.6 is 0 Å². The van der Waals surface area contributed by atoms with Crippen molar-refractivity contribution in [2.45, 2.75) is 76.9 Å². The highest BCUT2D eigenvalue weighted by molar-refractivity contribution is 5.95. The second kappa shape index (κ2) is 9.18. The molecule has 164 valence electrons. The third-order valence-corrected chi connectivity index (χ3v) is 6.93. The first-order chi connectivity index (χ1) is 14.5. The predicted molar refractivity (Wildman–Crippen MR) is 112 cm³/mol. The first-order valence-electron chi connectivity index (χ1n) is 11.5. The Morgan fingerprint density at radius 2 is 1.97 bits per heavy atom. The number of fused-ring (bicyclic) bond motifs is 1. The molecule has 30 heavy (non-hydrogen) atoms. The van der Waals surface area contributed by atoms with Crippen LogP contribution in [-0.4, -0.2) is 57.6 Å². The van der Waals surface area contributed by atoms with Gasteiger partial charge >= 0.3 is 0 Å². The average molecular weight is 416 g/mol. The van der Waals surface area contributed by atoms with Crippen LogP contribution in [0.2, 0.25) is 0 Å². The molecule has 2 aliphatic carbocycles. The van der Waals surface area contributed by atoms with E-state index in [1.807, 2.05) is 6.92 Å². The Balaban J connectivity index is 1.40. The molecule has 3 unspecified atom stereocenters. The number of amides is 3. The van der Waals surface area contributed by atoms with Crippen molar-refractivity contribution >= 4 is 17.7 Å². The summed E-state index contributed by atoms with van der Waals surface area (Å²) in [6, 6.07) is 1.94. The second-order valence-corrected chi connectivity index (χ2v) is 9.02. The van der Waals surface area contributed by atoms with E-state index in [1.54, 1.807) is 21.8 Å². The maximum absolute atomic E-state index is 13.0. The maximum Gasteiger partial charge on any atom is 0.272 e. The van der Waals surface area contributed by atoms with Crippen LogP contribution in [-0.2, 0) is 16.1 Å². The molecule has 4 rings (SSSR count). The number of nitrogens with one attached hydrogen (secondary N) is 2. The first-order valence-corrected chi connectivity index (χ1v) is 11.5. The van der Waals surface area contributed by atoms with Crippen molar-refractivity contribution in [3.63, 3.8) is 0 Å². The van der Waals surface area contributed by atoms with E-state index in [0.29, 0.717) is 31.6 Å². The van der Waals surface area contributed by atoms with Gasteiger partial charge in [-0.25, -0.2) is 0 Å². The van der Waals surface area contributed by atoms with Gasteiger partial charge in [0, 0.05) is 37.3 Å². The van der Waals surface area contributed by atoms with Gasteiger partial charge in [0.25, 0.3) is 5.91 Å². The third-order valence-electron chi connectivity index (χ3n) is 6.93. The molecule has 8 heteroatoms. The molecule has 3 atom stereocenters. The molecule has 1 aliphatic heterocycles. The van der Waals surface area contributed by atoms with Crippen LogP contribution in [0, 0.1) is 11.8 Å². The molecule has 0 bridgehead atoms. The minimum absolute atomic E-state index is 0.0451. The highest BCUT2D eigenvalue weighted by atomic mass is 16.2. The summed E-state index contributed by atoms with van der Waals surface area (Å²) in [5.74, 6) is -0.200. The van der Waals surface area contributed by atoms with Gasteiger partial charge in [0.2, 0.25) is 11.8 Å². The van der Waals surface area contributed by atoms with Gasteiger partial charge in [0.1, 0.15) is 5.69 Å². The summed E-state index contributed by atoms with van der Waals surface area (Å²) in [6.45, 7) is 3.08. The van der Waals surface area contributed by atoms with Gasteiger partial charge in [0.05, 0.1) is 6.54 Å². The molecule has 0 aromatic carbocycles. The Hall–Kier alpha value is -2.38. The topological polar surface area (TPSA) is 96.3 Å². The molecule has 0 spiro atoms. The zero-order chi connectivity index (χ0) is 21.1. The van der Waals surface area contributed by atoms with Crippen LogP contribution in [0.15, 0.2) is 12.3 Å². The fraction of sp³-hybridized carbons (Fsp3) is 0.727. The van der Waals surface area contributed by atoms with E-state index < -0.39 is 0 Å². The van der Waals surface area contributed by atoms with Crippen LogP contribution in [0.5, 0.6) is 0 Å². The number of nitrogens with zero attached hydrogens (tertiary/aromatic N) is 3. The minimum Gasteiger partial charge on any atom is -0.353 e. The van der Waals surface area contributed by atoms with Crippen LogP contribution in [0.3, 0.4) is 0 Å². The Morgan fingerprint density at radius 3 is 2.70 bits per heavy atom. The zero-order valence-electron chi connectivity index (χ0n) is 17.8. The number of carbonyl (C=O) groups is 3. The van der Waals surface area contributed by atoms with Crippen LogP contribution in [0.1, 0.15) is 68.8 Å². The quantitative estimate of drug-likeness (QED) is 0.732. The lowest BCUT2D eigenvalue weighted by Gasteiger charge is -2.23. The smallest absolute Gasteiger partial charge is 0.272 e. The van der Waals surface area contributed by atoms with Crippen molar-refractivity contribution in [3.8, 4) is 0 Å². The lowest BCUT2D eigenvalue weighted by Crippen LogP contribution is -2.41. The van der Waals surface area contributed by atoms with Crippen molar-refractivity contribution in [2.75, 3.05) is 13.1 Å². The largest absolute Gasteiger partial charge is 0.353 e. The molecule has 2 heterocycles. The Morgan fingerprint density at radius 1 is 1.20 bits per heavy atom. The summed E-state index contributed by atoms with van der Waals surface area (Å²) in [5.41, 5.74) is 0.504. The molecule has 8 nitrogen and oxygen atoms in total. The van der Waals surface area contributed by atoms with Crippen molar-refractivity contribution in [1.29, 1.82) is 0 Å². The molecule has 0 radical (unpaired) electrons. The maximum atomic E-state index is 13.0. The van der Waals surface area contributed by atoms with E-state index in [4.69, 9.17) is 0 Å². The molecule has 2 N–H and O–H groups in total. The normalized spacial score (nSPS) is 27.7. The van der Waals surface area contributed by atoms with Gasteiger partial charge in [-0.2, -0.15) is 5.10 Å². The second-order valence-electron chi connectivity index (χ2n) is 9.02. The number of carbonyl (C=O) groups excluding carboxylic acids is 3. The van der Waals surface area contributed by atoms with E-state index in [9.17, 15) is 14.4 Å². The number of aryl methyl sites for hydroxylation is 1. The minimum atomic E-state index is -0.170. The van der Waals surface area contributed by atoms with Gasteiger partial charge in [-0.05, 0) is 44.6 Å². The third kappa shape index (κ3) is 4.52. The lowest BCUT2D eigenvalue weighted by atomic mass is 10.0. The molecular formula is C22H33N5O3. The van der Waals surface area contributed by atoms with Crippen molar-refractivity contribution in [2.24, 2.45) is 11.8 Å². The molecule has 1 aromatic rings. The molecule has 3 amide bonds. The summed E-state index contributed by atoms with van der Waals surface area (Å²) in [5, 5.41) is 10.5. The molecule has 3 aliphatic rings. The van der Waals surface area contributed by atoms with Gasteiger partial charge in [-0.3, -0.25) is 19.1 Å². The van der Waals surface area contributed by atoms with E-state index in [0.717, 1.165) is 12.8 Å². The van der Waals surface area contributed by atoms with Crippen LogP contribution < -0.4 is 10.6 Å². The highest BCUT2D eigenvalue weighted by Gasteiger charge is 2.42. The van der Waals surface area contributed by atoms with Gasteiger partial charge < -0.3 is 15.5 Å². The van der Waals surface area contributed by atoms with Crippen molar-refractivity contribution < 1.29 is 14.4 Å². The van der Waals surface area contributed by atoms with Crippen LogP contribution in [0.25, 0.3) is 0 Å². The standard InChI is InChI=1S/C22H33N5O3/c1-2-27-19(9-10-23-27)22(30)26-13-16-11-15(12-18(16)25-20(28)14-26)21(29)24-17-7-5-3-4-6-8-17/h9-10,15-18H,2-8,11-14H2,1H3,(H,24,29)(H,25,28). The number of hydrogen-bond donors (Lipinski definition) is 2. The monoisotopic (exact) mass is 415 g/mol. The summed E-state index contributed by atoms with van der Waals surface area (Å²) < 4.78 is 1.65. The molecule has 1 aromatic heterocycles. The van der Waals surface area contributed by atoms with E-state index >= 15 is 0 Å². The summed E-state index contributed by atoms with van der Waals surface area (Å²) >= 11 is 0. The Bertz CT molecular complexity index is 783. The van der Waals surface area contributed by atoms with Crippen molar-refractivity contribution in [1.82, 2.24) is 25.3 Å². The fourth-order valence-electron chi connectivity index (χ4n) is 5.32. The molecule has 3 fully saturated rings. The summed E-state index contributed by atoms with van der Waals surface area (Å²) in [7, 11) is 0. The van der Waals surface area contributed by atoms with E-state index in [2.05, 4.69) is 15.7 Å². The Kier molecular flexibility index (Phi) is 6.39. The molecular weight excluding hydrogens is 382 g/mol. The van der Waals surface area contributed by atoms with Gasteiger partial charge in [0.15, 0.2) is 0 Å². The van der Waals surface area contributed by atoms with Gasteiger partial charge in [-0.1, -0.05) is 25.7 Å². The zero-order valence-corrected chi connectivity index (χ0v) is 17.8. The van der Waals surface area contributed by atoms with Gasteiger partial charge in [-0.15, -0.1) is 0 Å². The number of aromatic nitrogens is 2.